The Morgan fingerprint density at radius 3 is 2.20 bits per heavy atom. The van der Waals surface area contributed by atoms with Gasteiger partial charge < -0.3 is 0 Å². The normalized spacial score (nSPS) is 14.1. The summed E-state index contributed by atoms with van der Waals surface area (Å²) < 4.78 is 0. The number of nitrogens with zero attached hydrogens (tertiary/aromatic N) is 1. The maximum Gasteiger partial charge on any atom is 0.0621 e. The molecular formula is C7H17NO2. The molecule has 0 fully saturated rings. The van der Waals surface area contributed by atoms with Crippen LogP contribution in [0.5, 0.6) is 0 Å². The van der Waals surface area contributed by atoms with Crippen molar-refractivity contribution in [2.24, 2.45) is 0 Å². The highest BCUT2D eigenvalue weighted by Crippen LogP contribution is 2.07. The summed E-state index contributed by atoms with van der Waals surface area (Å²) in [6.07, 6.45) is 3.80. The van der Waals surface area contributed by atoms with Gasteiger partial charge in [0, 0.05) is 0 Å². The van der Waals surface area contributed by atoms with Crippen molar-refractivity contribution in [2.45, 2.75) is 45.6 Å². The molecule has 0 aliphatic heterocycles. The van der Waals surface area contributed by atoms with Crippen LogP contribution in [0, 0.1) is 0 Å². The van der Waals surface area contributed by atoms with Crippen LogP contribution in [0.25, 0.3) is 0 Å². The van der Waals surface area contributed by atoms with E-state index in [4.69, 9.17) is 10.4 Å². The second kappa shape index (κ2) is 5.65. The van der Waals surface area contributed by atoms with Crippen molar-refractivity contribution in [3.63, 3.8) is 0 Å². The maximum atomic E-state index is 8.63. The first kappa shape index (κ1) is 9.88. The summed E-state index contributed by atoms with van der Waals surface area (Å²) >= 11 is 0. The fraction of sp³-hybridized carbons (Fsp3) is 1.00. The van der Waals surface area contributed by atoms with E-state index < -0.39 is 0 Å². The van der Waals surface area contributed by atoms with E-state index in [0.29, 0.717) is 5.23 Å². The molecule has 0 saturated heterocycles. The molecule has 1 atom stereocenters. The van der Waals surface area contributed by atoms with E-state index in [1.54, 1.807) is 0 Å². The van der Waals surface area contributed by atoms with Crippen LogP contribution in [-0.2, 0) is 0 Å². The van der Waals surface area contributed by atoms with Gasteiger partial charge in [-0.25, -0.2) is 0 Å². The van der Waals surface area contributed by atoms with E-state index in [-0.39, 0.29) is 6.04 Å². The predicted molar refractivity (Wildman–Crippen MR) is 39.0 cm³/mol. The topological polar surface area (TPSA) is 43.7 Å². The lowest BCUT2D eigenvalue weighted by atomic mass is 10.1. The van der Waals surface area contributed by atoms with Gasteiger partial charge in [-0.3, -0.25) is 10.4 Å². The average Bonchev–Trinajstić information content (AvgIpc) is 1.89. The van der Waals surface area contributed by atoms with E-state index in [2.05, 4.69) is 6.92 Å². The Morgan fingerprint density at radius 2 is 1.90 bits per heavy atom. The smallest absolute Gasteiger partial charge is 0.0621 e. The monoisotopic (exact) mass is 147 g/mol. The van der Waals surface area contributed by atoms with Crippen molar-refractivity contribution in [2.75, 3.05) is 0 Å². The van der Waals surface area contributed by atoms with Gasteiger partial charge in [0.25, 0.3) is 0 Å². The molecule has 0 aliphatic carbocycles. The van der Waals surface area contributed by atoms with E-state index in [1.807, 2.05) is 6.92 Å². The Hall–Kier alpha value is -0.120. The highest BCUT2D eigenvalue weighted by molar-refractivity contribution is 4.57. The van der Waals surface area contributed by atoms with Crippen LogP contribution in [0.15, 0.2) is 0 Å². The van der Waals surface area contributed by atoms with E-state index in [0.717, 1.165) is 25.7 Å². The minimum Gasteiger partial charge on any atom is -0.289 e. The summed E-state index contributed by atoms with van der Waals surface area (Å²) in [6, 6.07) is -0.0834. The molecule has 0 radical (unpaired) electrons. The van der Waals surface area contributed by atoms with Crippen LogP contribution in [0.4, 0.5) is 0 Å². The summed E-state index contributed by atoms with van der Waals surface area (Å²) in [7, 11) is 0. The fourth-order valence-corrected chi connectivity index (χ4v) is 0.923. The molecule has 1 unspecified atom stereocenters. The summed E-state index contributed by atoms with van der Waals surface area (Å²) in [6.45, 7) is 4.03. The highest BCUT2D eigenvalue weighted by atomic mass is 16.8. The Labute approximate surface area is 62.2 Å². The van der Waals surface area contributed by atoms with Gasteiger partial charge in [0.2, 0.25) is 0 Å². The van der Waals surface area contributed by atoms with Gasteiger partial charge in [-0.05, 0) is 12.8 Å². The zero-order valence-corrected chi connectivity index (χ0v) is 6.75. The molecule has 0 heterocycles. The first-order chi connectivity index (χ1) is 4.72. The van der Waals surface area contributed by atoms with Gasteiger partial charge in [-0.2, -0.15) is 0 Å². The SMILES string of the molecule is CCCCC(CC)N(O)O. The standard InChI is InChI=1S/C7H17NO2/c1-3-5-6-7(4-2)8(9)10/h7,9-10H,3-6H2,1-2H3. The Kier molecular flexibility index (Phi) is 5.58. The van der Waals surface area contributed by atoms with Crippen LogP contribution in [0.3, 0.4) is 0 Å². The summed E-state index contributed by atoms with van der Waals surface area (Å²) in [4.78, 5) is 0. The summed E-state index contributed by atoms with van der Waals surface area (Å²) in [5, 5.41) is 17.6. The molecule has 0 bridgehead atoms. The second-order valence-electron chi connectivity index (χ2n) is 2.52. The third kappa shape index (κ3) is 3.82. The molecule has 0 rings (SSSR count). The minimum absolute atomic E-state index is 0.0834. The highest BCUT2D eigenvalue weighted by Gasteiger charge is 2.10. The van der Waals surface area contributed by atoms with Crippen molar-refractivity contribution in [3.05, 3.63) is 0 Å². The van der Waals surface area contributed by atoms with Gasteiger partial charge in [-0.15, -0.1) is 0 Å². The number of hydroxylamine groups is 2. The maximum absolute atomic E-state index is 8.63. The van der Waals surface area contributed by atoms with Crippen molar-refractivity contribution < 1.29 is 10.4 Å². The molecular weight excluding hydrogens is 130 g/mol. The summed E-state index contributed by atoms with van der Waals surface area (Å²) in [5.41, 5.74) is 0. The Balaban J connectivity index is 3.40. The lowest BCUT2D eigenvalue weighted by Crippen LogP contribution is -2.28. The van der Waals surface area contributed by atoms with Crippen LogP contribution in [0.2, 0.25) is 0 Å². The molecule has 0 aliphatic rings. The predicted octanol–water partition coefficient (Wildman–Crippen LogP) is 2.04. The van der Waals surface area contributed by atoms with Gasteiger partial charge in [0.15, 0.2) is 0 Å². The third-order valence-corrected chi connectivity index (χ3v) is 1.69. The molecule has 2 N–H and O–H groups in total. The van der Waals surface area contributed by atoms with Crippen molar-refractivity contribution in [3.8, 4) is 0 Å². The lowest BCUT2D eigenvalue weighted by Gasteiger charge is -2.17. The van der Waals surface area contributed by atoms with Crippen LogP contribution in [-0.4, -0.2) is 21.7 Å². The second-order valence-corrected chi connectivity index (χ2v) is 2.52. The first-order valence-corrected chi connectivity index (χ1v) is 3.89. The molecule has 0 amide bonds. The molecule has 3 nitrogen and oxygen atoms in total. The number of hydrogen-bond donors (Lipinski definition) is 2. The van der Waals surface area contributed by atoms with Gasteiger partial charge >= 0.3 is 0 Å². The molecule has 0 aromatic rings. The largest absolute Gasteiger partial charge is 0.289 e. The third-order valence-electron chi connectivity index (χ3n) is 1.69. The van der Waals surface area contributed by atoms with Crippen molar-refractivity contribution >= 4 is 0 Å². The summed E-state index contributed by atoms with van der Waals surface area (Å²) in [5.74, 6) is 0. The minimum atomic E-state index is -0.0834. The van der Waals surface area contributed by atoms with Crippen molar-refractivity contribution in [1.82, 2.24) is 5.23 Å². The number of hydrogen-bond acceptors (Lipinski definition) is 3. The molecule has 0 aromatic carbocycles. The molecule has 0 saturated carbocycles. The molecule has 0 aromatic heterocycles. The first-order valence-electron chi connectivity index (χ1n) is 3.89. The Bertz CT molecular complexity index is 76.0. The Morgan fingerprint density at radius 1 is 1.30 bits per heavy atom. The van der Waals surface area contributed by atoms with Crippen LogP contribution >= 0.6 is 0 Å². The van der Waals surface area contributed by atoms with E-state index >= 15 is 0 Å². The average molecular weight is 147 g/mol. The fourth-order valence-electron chi connectivity index (χ4n) is 0.923. The van der Waals surface area contributed by atoms with Crippen LogP contribution < -0.4 is 0 Å². The number of unbranched alkanes of at least 4 members (excludes halogenated alkanes) is 1. The van der Waals surface area contributed by atoms with Crippen molar-refractivity contribution in [1.29, 1.82) is 0 Å². The van der Waals surface area contributed by atoms with Gasteiger partial charge in [0.1, 0.15) is 0 Å². The van der Waals surface area contributed by atoms with Gasteiger partial charge in [-0.1, -0.05) is 31.9 Å². The molecule has 3 heteroatoms. The van der Waals surface area contributed by atoms with E-state index in [9.17, 15) is 0 Å². The zero-order valence-electron chi connectivity index (χ0n) is 6.75. The lowest BCUT2D eigenvalue weighted by molar-refractivity contribution is -0.333. The van der Waals surface area contributed by atoms with Crippen LogP contribution in [0.1, 0.15) is 39.5 Å². The molecule has 62 valence electrons. The zero-order chi connectivity index (χ0) is 7.98. The molecule has 0 spiro atoms. The molecule has 10 heavy (non-hydrogen) atoms. The quantitative estimate of drug-likeness (QED) is 0.585. The van der Waals surface area contributed by atoms with E-state index in [1.165, 1.54) is 0 Å². The number of rotatable bonds is 5. The van der Waals surface area contributed by atoms with Gasteiger partial charge in [0.05, 0.1) is 6.04 Å².